The molecule has 0 aromatic heterocycles. The van der Waals surface area contributed by atoms with E-state index in [0.29, 0.717) is 180 Å². The summed E-state index contributed by atoms with van der Waals surface area (Å²) in [5, 5.41) is 9.01. The van der Waals surface area contributed by atoms with Gasteiger partial charge in [0.25, 0.3) is 5.91 Å². The van der Waals surface area contributed by atoms with Crippen LogP contribution in [0.3, 0.4) is 0 Å². The van der Waals surface area contributed by atoms with Crippen LogP contribution >= 0.6 is 0 Å². The molecule has 0 aliphatic rings. The molecule has 1 amide bonds. The first-order valence-corrected chi connectivity index (χ1v) is 38.2. The molecule has 0 aliphatic heterocycles. The molecule has 0 saturated carbocycles. The van der Waals surface area contributed by atoms with Crippen molar-refractivity contribution in [1.82, 2.24) is 16.0 Å². The van der Waals surface area contributed by atoms with Crippen LogP contribution in [0.4, 0.5) is 0 Å². The van der Waals surface area contributed by atoms with Crippen LogP contribution in [0.15, 0.2) is 72.8 Å². The SMILES string of the molecule is CNCCCCC(CCCC(C)=O)C(=O)CCCc1ccc(OC)c(C(=O)CCCC(CCCCN)C(=O)CCc2ccc(OC)c(C(=O)CCCC(CCCCN)C(=O)CCCc3ccc(OC)c(C(=O)CCCC(CCCCNC)C(=O)CCCc4ccc(OC)c(C(=O)NC)c4)c3)c2)c1. The van der Waals surface area contributed by atoms with Gasteiger partial charge in [0.1, 0.15) is 51.9 Å². The van der Waals surface area contributed by atoms with Gasteiger partial charge in [-0.25, -0.2) is 0 Å². The van der Waals surface area contributed by atoms with Crippen LogP contribution in [-0.2, 0) is 49.7 Å². The largest absolute Gasteiger partial charge is 0.496 e. The monoisotopic (exact) mass is 1410 g/mol. The third-order valence-corrected chi connectivity index (χ3v) is 20.0. The maximum atomic E-state index is 14.1. The highest BCUT2D eigenvalue weighted by Crippen LogP contribution is 2.32. The highest BCUT2D eigenvalue weighted by Gasteiger charge is 2.26. The molecule has 4 aromatic carbocycles. The number of ether oxygens (including phenoxy) is 4. The van der Waals surface area contributed by atoms with E-state index in [1.807, 2.05) is 74.8 Å². The second kappa shape index (κ2) is 51.0. The molecule has 0 aliphatic carbocycles. The van der Waals surface area contributed by atoms with Crippen LogP contribution < -0.4 is 46.4 Å². The lowest BCUT2D eigenvalue weighted by Crippen LogP contribution is -2.19. The summed E-state index contributed by atoms with van der Waals surface area (Å²) >= 11 is 0. The molecule has 4 unspecified atom stereocenters. The van der Waals surface area contributed by atoms with Gasteiger partial charge in [0.05, 0.1) is 50.7 Å². The molecule has 0 bridgehead atoms. The van der Waals surface area contributed by atoms with Crippen molar-refractivity contribution < 1.29 is 62.1 Å². The van der Waals surface area contributed by atoms with Gasteiger partial charge in [-0.3, -0.25) is 38.4 Å². The molecule has 0 saturated heterocycles. The summed E-state index contributed by atoms with van der Waals surface area (Å²) in [6.07, 6.45) is 21.4. The van der Waals surface area contributed by atoms with Crippen molar-refractivity contribution in [1.29, 1.82) is 0 Å². The van der Waals surface area contributed by atoms with Gasteiger partial charge in [0.2, 0.25) is 0 Å². The number of aryl methyl sites for hydroxylation is 4. The molecule has 7 N–H and O–H groups in total. The quantitative estimate of drug-likeness (QED) is 0.0203. The molecular weight excluding hydrogens is 1290 g/mol. The minimum Gasteiger partial charge on any atom is -0.496 e. The molecular formula is C84H125N5O13. The van der Waals surface area contributed by atoms with Crippen molar-refractivity contribution in [3.8, 4) is 23.0 Å². The normalized spacial score (nSPS) is 12.5. The van der Waals surface area contributed by atoms with Crippen molar-refractivity contribution in [2.75, 3.05) is 75.8 Å². The van der Waals surface area contributed by atoms with Crippen LogP contribution in [0.5, 0.6) is 23.0 Å². The number of unbranched alkanes of at least 4 members (excludes halogenated alkanes) is 4. The first-order chi connectivity index (χ1) is 49.4. The zero-order valence-electron chi connectivity index (χ0n) is 63.3. The molecule has 564 valence electrons. The standard InChI is InChI=1S/C84H125N5O13/c1-60(90)24-17-32-66(30-11-15-54-87-2)74(92)37-19-26-62-44-49-81(100-6)70(57-62)78(96)41-23-35-68(29-10-14-53-86)76(94)47-42-64-46-50-82(101-7)71(58-64)79(97)40-21-33-65(28-9-13-52-85)73(91)36-18-25-61-43-48-80(99-5)69(56-61)77(95)39-22-34-67(31-12-16-55-88-3)75(93)38-20-27-63-45-51-83(102-8)72(59-63)84(98)89-4/h43-46,48-51,56-59,65-68,87-88H,9-42,47,52-55,85-86H2,1-8H3,(H,89,98). The Morgan fingerprint density at radius 1 is 0.333 bits per heavy atom. The van der Waals surface area contributed by atoms with Crippen molar-refractivity contribution in [2.45, 2.75) is 232 Å². The van der Waals surface area contributed by atoms with Crippen LogP contribution in [0, 0.1) is 23.7 Å². The molecule has 102 heavy (non-hydrogen) atoms. The molecule has 0 heterocycles. The lowest BCUT2D eigenvalue weighted by molar-refractivity contribution is -0.124. The number of carbonyl (C=O) groups is 9. The van der Waals surface area contributed by atoms with Crippen LogP contribution in [0.2, 0.25) is 0 Å². The van der Waals surface area contributed by atoms with E-state index in [2.05, 4.69) is 16.0 Å². The average molecular weight is 1410 g/mol. The number of ketones is 8. The number of methoxy groups -OCH3 is 4. The highest BCUT2D eigenvalue weighted by molar-refractivity contribution is 6.00. The van der Waals surface area contributed by atoms with E-state index in [4.69, 9.17) is 30.4 Å². The minimum atomic E-state index is -0.260. The number of nitrogens with two attached hydrogens (primary N) is 2. The first-order valence-electron chi connectivity index (χ1n) is 38.2. The molecule has 0 radical (unpaired) electrons. The van der Waals surface area contributed by atoms with E-state index in [1.165, 1.54) is 14.2 Å². The van der Waals surface area contributed by atoms with E-state index in [-0.39, 0.29) is 102 Å². The first kappa shape index (κ1) is 87.2. The fourth-order valence-electron chi connectivity index (χ4n) is 13.9. The van der Waals surface area contributed by atoms with Crippen molar-refractivity contribution in [2.24, 2.45) is 35.1 Å². The van der Waals surface area contributed by atoms with Crippen molar-refractivity contribution in [3.63, 3.8) is 0 Å². The Labute approximate surface area is 610 Å². The van der Waals surface area contributed by atoms with Gasteiger partial charge < -0.3 is 51.2 Å². The van der Waals surface area contributed by atoms with Gasteiger partial charge in [-0.2, -0.15) is 0 Å². The summed E-state index contributed by atoms with van der Waals surface area (Å²) in [5.74, 6) is 1.58. The van der Waals surface area contributed by atoms with Gasteiger partial charge in [0.15, 0.2) is 17.3 Å². The Morgan fingerprint density at radius 2 is 0.618 bits per heavy atom. The van der Waals surface area contributed by atoms with Crippen molar-refractivity contribution in [3.05, 3.63) is 117 Å². The Balaban J connectivity index is 1.31. The Morgan fingerprint density at radius 3 is 0.922 bits per heavy atom. The number of hydrogen-bond acceptors (Lipinski definition) is 17. The third-order valence-electron chi connectivity index (χ3n) is 20.0. The second-order valence-corrected chi connectivity index (χ2v) is 27.7. The number of nitrogens with one attached hydrogen (secondary N) is 3. The number of rotatable bonds is 61. The summed E-state index contributed by atoms with van der Waals surface area (Å²) in [6, 6.07) is 22.3. The van der Waals surface area contributed by atoms with Crippen LogP contribution in [0.1, 0.15) is 270 Å². The number of amides is 1. The van der Waals surface area contributed by atoms with Gasteiger partial charge in [-0.05, 0) is 266 Å². The summed E-state index contributed by atoms with van der Waals surface area (Å²) in [4.78, 5) is 121. The summed E-state index contributed by atoms with van der Waals surface area (Å²) in [5.41, 5.74) is 17.3. The fourth-order valence-corrected chi connectivity index (χ4v) is 13.9. The predicted molar refractivity (Wildman–Crippen MR) is 407 cm³/mol. The Kier molecular flexibility index (Phi) is 43.6. The molecule has 4 atom stereocenters. The zero-order chi connectivity index (χ0) is 74.4. The average Bonchev–Trinajstić information content (AvgIpc) is 0.861. The zero-order valence-corrected chi connectivity index (χ0v) is 63.3. The molecule has 0 fully saturated rings. The summed E-state index contributed by atoms with van der Waals surface area (Å²) < 4.78 is 22.4. The highest BCUT2D eigenvalue weighted by atomic mass is 16.5. The maximum Gasteiger partial charge on any atom is 0.254 e. The second-order valence-electron chi connectivity index (χ2n) is 27.7. The summed E-state index contributed by atoms with van der Waals surface area (Å²) in [7, 11) is 11.6. The van der Waals surface area contributed by atoms with Crippen LogP contribution in [0.25, 0.3) is 0 Å². The number of hydrogen-bond donors (Lipinski definition) is 5. The third kappa shape index (κ3) is 32.2. The van der Waals surface area contributed by atoms with E-state index < -0.39 is 0 Å². The number of benzene rings is 4. The van der Waals surface area contributed by atoms with E-state index in [9.17, 15) is 43.2 Å². The Bertz CT molecular complexity index is 3230. The molecule has 18 heteroatoms. The van der Waals surface area contributed by atoms with Gasteiger partial charge in [0, 0.05) is 82.1 Å². The molecule has 0 spiro atoms. The van der Waals surface area contributed by atoms with E-state index >= 15 is 0 Å². The predicted octanol–water partition coefficient (Wildman–Crippen LogP) is 14.7. The van der Waals surface area contributed by atoms with Gasteiger partial charge in [-0.1, -0.05) is 49.9 Å². The number of carbonyl (C=O) groups excluding carboxylic acids is 9. The molecule has 4 rings (SSSR count). The lowest BCUT2D eigenvalue weighted by atomic mass is 9.87. The topological polar surface area (TPSA) is 279 Å². The van der Waals surface area contributed by atoms with Gasteiger partial charge >= 0.3 is 0 Å². The minimum absolute atomic E-state index is 0.0544. The molecule has 4 aromatic rings. The number of Topliss-reactive ketones (excluding diaryl/α,β-unsaturated/α-hetero) is 8. The van der Waals surface area contributed by atoms with Crippen molar-refractivity contribution >= 4 is 52.2 Å². The summed E-state index contributed by atoms with van der Waals surface area (Å²) in [6.45, 7) is 4.40. The smallest absolute Gasteiger partial charge is 0.254 e. The molecule has 18 nitrogen and oxygen atoms in total. The van der Waals surface area contributed by atoms with Crippen LogP contribution in [-0.4, -0.2) is 128 Å². The van der Waals surface area contributed by atoms with E-state index in [0.717, 1.165) is 112 Å². The maximum absolute atomic E-state index is 14.1. The Hall–Kier alpha value is -7.25. The lowest BCUT2D eigenvalue weighted by Gasteiger charge is -2.17. The fraction of sp³-hybridized carbons (Fsp3) is 0.607. The van der Waals surface area contributed by atoms with Gasteiger partial charge in [-0.15, -0.1) is 0 Å². The van der Waals surface area contributed by atoms with E-state index in [1.54, 1.807) is 40.3 Å².